The number of ether oxygens (including phenoxy) is 1. The molecule has 0 fully saturated rings. The molecule has 2 heterocycles. The Morgan fingerprint density at radius 3 is 2.66 bits per heavy atom. The third kappa shape index (κ3) is 5.20. The smallest absolute Gasteiger partial charge is 0.338 e. The van der Waals surface area contributed by atoms with E-state index in [2.05, 4.69) is 20.5 Å². The molecule has 29 heavy (non-hydrogen) atoms. The van der Waals surface area contributed by atoms with Crippen LogP contribution in [-0.2, 0) is 16.1 Å². The molecule has 0 bridgehead atoms. The minimum absolute atomic E-state index is 0.165. The second kappa shape index (κ2) is 9.83. The molecule has 3 rings (SSSR count). The zero-order chi connectivity index (χ0) is 20.6. The van der Waals surface area contributed by atoms with E-state index in [0.717, 1.165) is 11.4 Å². The van der Waals surface area contributed by atoms with Gasteiger partial charge in [0, 0.05) is 30.2 Å². The number of amides is 1. The molecule has 0 unspecified atom stereocenters. The van der Waals surface area contributed by atoms with Crippen molar-refractivity contribution in [2.75, 3.05) is 17.7 Å². The van der Waals surface area contributed by atoms with Gasteiger partial charge in [0.25, 0.3) is 0 Å². The first kappa shape index (κ1) is 20.5. The highest BCUT2D eigenvalue weighted by molar-refractivity contribution is 7.99. The molecular formula is C20H21N5O3S. The molecule has 9 heteroatoms. The summed E-state index contributed by atoms with van der Waals surface area (Å²) in [7, 11) is 0. The summed E-state index contributed by atoms with van der Waals surface area (Å²) >= 11 is 1.30. The van der Waals surface area contributed by atoms with Crippen LogP contribution in [-0.4, -0.2) is 44.0 Å². The molecule has 1 amide bonds. The van der Waals surface area contributed by atoms with Gasteiger partial charge in [-0.25, -0.2) is 4.79 Å². The van der Waals surface area contributed by atoms with Gasteiger partial charge in [0.15, 0.2) is 11.0 Å². The lowest BCUT2D eigenvalue weighted by Crippen LogP contribution is -2.15. The van der Waals surface area contributed by atoms with Crippen LogP contribution in [0.4, 0.5) is 5.69 Å². The van der Waals surface area contributed by atoms with Crippen LogP contribution in [0.1, 0.15) is 24.2 Å². The van der Waals surface area contributed by atoms with Crippen molar-refractivity contribution in [1.29, 1.82) is 0 Å². The van der Waals surface area contributed by atoms with Gasteiger partial charge >= 0.3 is 5.97 Å². The van der Waals surface area contributed by atoms with Crippen LogP contribution in [0.15, 0.2) is 53.9 Å². The van der Waals surface area contributed by atoms with Gasteiger partial charge in [-0.2, -0.15) is 0 Å². The molecule has 0 saturated heterocycles. The number of carbonyl (C=O) groups excluding carboxylic acids is 2. The SMILES string of the molecule is CCOC(=O)c1cccc(NC(=O)CSc2nnc(-c3ccncc3)n2CC)c1. The standard InChI is InChI=1S/C20H21N5O3S/c1-3-25-18(14-8-10-21-11-9-14)23-24-20(25)29-13-17(26)22-16-7-5-6-15(12-16)19(27)28-4-2/h5-12H,3-4,13H2,1-2H3,(H,22,26). The highest BCUT2D eigenvalue weighted by Gasteiger charge is 2.15. The fourth-order valence-electron chi connectivity index (χ4n) is 2.66. The first-order chi connectivity index (χ1) is 14.1. The Morgan fingerprint density at radius 1 is 1.14 bits per heavy atom. The number of thioether (sulfide) groups is 1. The molecule has 3 aromatic rings. The van der Waals surface area contributed by atoms with Gasteiger partial charge in [0.2, 0.25) is 5.91 Å². The Bertz CT molecular complexity index is 991. The minimum atomic E-state index is -0.419. The first-order valence-corrected chi connectivity index (χ1v) is 10.1. The van der Waals surface area contributed by atoms with Crippen molar-refractivity contribution in [2.24, 2.45) is 0 Å². The summed E-state index contributed by atoms with van der Waals surface area (Å²) < 4.78 is 6.93. The van der Waals surface area contributed by atoms with Crippen LogP contribution in [0.5, 0.6) is 0 Å². The van der Waals surface area contributed by atoms with Gasteiger partial charge in [-0.15, -0.1) is 10.2 Å². The normalized spacial score (nSPS) is 10.6. The molecule has 2 aromatic heterocycles. The van der Waals surface area contributed by atoms with Gasteiger partial charge in [0.05, 0.1) is 17.9 Å². The second-order valence-electron chi connectivity index (χ2n) is 5.92. The predicted octanol–water partition coefficient (Wildman–Crippen LogP) is 3.27. The van der Waals surface area contributed by atoms with E-state index in [1.807, 2.05) is 23.6 Å². The maximum atomic E-state index is 12.4. The summed E-state index contributed by atoms with van der Waals surface area (Å²) in [6.45, 7) is 4.72. The second-order valence-corrected chi connectivity index (χ2v) is 6.87. The van der Waals surface area contributed by atoms with Crippen molar-refractivity contribution in [2.45, 2.75) is 25.5 Å². The number of anilines is 1. The van der Waals surface area contributed by atoms with Crippen molar-refractivity contribution < 1.29 is 14.3 Å². The molecule has 0 aliphatic heterocycles. The minimum Gasteiger partial charge on any atom is -0.462 e. The van der Waals surface area contributed by atoms with E-state index >= 15 is 0 Å². The van der Waals surface area contributed by atoms with Gasteiger partial charge in [0.1, 0.15) is 0 Å². The average molecular weight is 411 g/mol. The third-order valence-electron chi connectivity index (χ3n) is 3.96. The summed E-state index contributed by atoms with van der Waals surface area (Å²) in [6.07, 6.45) is 3.41. The largest absolute Gasteiger partial charge is 0.462 e. The van der Waals surface area contributed by atoms with E-state index < -0.39 is 5.97 Å². The molecule has 0 atom stereocenters. The summed E-state index contributed by atoms with van der Waals surface area (Å²) in [5, 5.41) is 11.9. The number of rotatable bonds is 8. The number of esters is 1. The zero-order valence-corrected chi connectivity index (χ0v) is 17.0. The number of pyridine rings is 1. The molecule has 1 aromatic carbocycles. The Labute approximate surface area is 172 Å². The summed E-state index contributed by atoms with van der Waals surface area (Å²) in [5.74, 6) is 0.280. The number of nitrogens with one attached hydrogen (secondary N) is 1. The van der Waals surface area contributed by atoms with E-state index in [1.54, 1.807) is 43.6 Å². The van der Waals surface area contributed by atoms with Crippen molar-refractivity contribution in [3.05, 3.63) is 54.4 Å². The Hall–Kier alpha value is -3.20. The monoisotopic (exact) mass is 411 g/mol. The number of aromatic nitrogens is 4. The number of nitrogens with zero attached hydrogens (tertiary/aromatic N) is 4. The summed E-state index contributed by atoms with van der Waals surface area (Å²) in [4.78, 5) is 28.2. The van der Waals surface area contributed by atoms with Crippen molar-refractivity contribution in [1.82, 2.24) is 19.7 Å². The highest BCUT2D eigenvalue weighted by atomic mass is 32.2. The van der Waals surface area contributed by atoms with E-state index in [4.69, 9.17) is 4.74 Å². The quantitative estimate of drug-likeness (QED) is 0.449. The predicted molar refractivity (Wildman–Crippen MR) is 111 cm³/mol. The van der Waals surface area contributed by atoms with Gasteiger partial charge in [-0.1, -0.05) is 17.8 Å². The molecule has 150 valence electrons. The van der Waals surface area contributed by atoms with Crippen molar-refractivity contribution in [3.63, 3.8) is 0 Å². The van der Waals surface area contributed by atoms with Crippen LogP contribution in [0.2, 0.25) is 0 Å². The van der Waals surface area contributed by atoms with Gasteiger partial charge < -0.3 is 14.6 Å². The average Bonchev–Trinajstić information content (AvgIpc) is 3.16. The maximum Gasteiger partial charge on any atom is 0.338 e. The molecule has 0 spiro atoms. The number of carbonyl (C=O) groups is 2. The van der Waals surface area contributed by atoms with Crippen LogP contribution < -0.4 is 5.32 Å². The number of hydrogen-bond donors (Lipinski definition) is 1. The first-order valence-electron chi connectivity index (χ1n) is 9.15. The Morgan fingerprint density at radius 2 is 1.93 bits per heavy atom. The lowest BCUT2D eigenvalue weighted by atomic mass is 10.2. The highest BCUT2D eigenvalue weighted by Crippen LogP contribution is 2.23. The van der Waals surface area contributed by atoms with Crippen molar-refractivity contribution >= 4 is 29.3 Å². The van der Waals surface area contributed by atoms with Crippen LogP contribution >= 0.6 is 11.8 Å². The van der Waals surface area contributed by atoms with Gasteiger partial charge in [-0.05, 0) is 44.2 Å². The molecule has 0 aliphatic rings. The Balaban J connectivity index is 1.64. The maximum absolute atomic E-state index is 12.4. The number of hydrogen-bond acceptors (Lipinski definition) is 7. The van der Waals surface area contributed by atoms with E-state index in [0.29, 0.717) is 29.6 Å². The van der Waals surface area contributed by atoms with E-state index in [9.17, 15) is 9.59 Å². The molecule has 1 N–H and O–H groups in total. The fourth-order valence-corrected chi connectivity index (χ4v) is 3.46. The van der Waals surface area contributed by atoms with Crippen LogP contribution in [0.3, 0.4) is 0 Å². The van der Waals surface area contributed by atoms with E-state index in [-0.39, 0.29) is 11.7 Å². The van der Waals surface area contributed by atoms with Gasteiger partial charge in [-0.3, -0.25) is 9.78 Å². The lowest BCUT2D eigenvalue weighted by molar-refractivity contribution is -0.113. The van der Waals surface area contributed by atoms with E-state index in [1.165, 1.54) is 11.8 Å². The zero-order valence-electron chi connectivity index (χ0n) is 16.2. The lowest BCUT2D eigenvalue weighted by Gasteiger charge is -2.08. The molecule has 0 radical (unpaired) electrons. The number of benzene rings is 1. The molecule has 0 aliphatic carbocycles. The molecule has 0 saturated carbocycles. The van der Waals surface area contributed by atoms with Crippen molar-refractivity contribution in [3.8, 4) is 11.4 Å². The molecular weight excluding hydrogens is 390 g/mol. The molecule has 8 nitrogen and oxygen atoms in total. The van der Waals surface area contributed by atoms with Crippen LogP contribution in [0, 0.1) is 0 Å². The fraction of sp³-hybridized carbons (Fsp3) is 0.250. The summed E-state index contributed by atoms with van der Waals surface area (Å²) in [5.41, 5.74) is 1.85. The van der Waals surface area contributed by atoms with Crippen LogP contribution in [0.25, 0.3) is 11.4 Å². The Kier molecular flexibility index (Phi) is 6.96. The third-order valence-corrected chi connectivity index (χ3v) is 4.93. The summed E-state index contributed by atoms with van der Waals surface area (Å²) in [6, 6.07) is 10.4. The topological polar surface area (TPSA) is 99.0 Å².